The zero-order valence-electron chi connectivity index (χ0n) is 9.39. The molecule has 1 rings (SSSR count). The highest BCUT2D eigenvalue weighted by atomic mass is 32.2. The van der Waals surface area contributed by atoms with Crippen LogP contribution in [0.15, 0.2) is 0 Å². The Bertz CT molecular complexity index is 273. The zero-order chi connectivity index (χ0) is 12.1. The van der Waals surface area contributed by atoms with Crippen LogP contribution in [0, 0.1) is 0 Å². The van der Waals surface area contributed by atoms with E-state index < -0.39 is 5.97 Å². The van der Waals surface area contributed by atoms with Gasteiger partial charge >= 0.3 is 5.97 Å². The molecule has 6 heteroatoms. The molecule has 2 unspecified atom stereocenters. The molecule has 0 aromatic heterocycles. The van der Waals surface area contributed by atoms with Gasteiger partial charge in [0.15, 0.2) is 0 Å². The van der Waals surface area contributed by atoms with Crippen molar-refractivity contribution in [2.75, 3.05) is 18.1 Å². The van der Waals surface area contributed by atoms with Crippen molar-refractivity contribution in [3.63, 3.8) is 0 Å². The Morgan fingerprint density at radius 2 is 2.31 bits per heavy atom. The third-order valence-corrected chi connectivity index (χ3v) is 3.89. The van der Waals surface area contributed by atoms with Crippen molar-refractivity contribution in [1.29, 1.82) is 0 Å². The number of carboxylic acids is 1. The van der Waals surface area contributed by atoms with Gasteiger partial charge in [0.05, 0.1) is 12.5 Å². The minimum atomic E-state index is -0.822. The molecule has 0 saturated carbocycles. The van der Waals surface area contributed by atoms with Crippen molar-refractivity contribution in [2.24, 2.45) is 5.73 Å². The fraction of sp³-hybridized carbons (Fsp3) is 0.800. The molecular weight excluding hydrogens is 228 g/mol. The van der Waals surface area contributed by atoms with Gasteiger partial charge in [0.1, 0.15) is 0 Å². The highest BCUT2D eigenvalue weighted by Gasteiger charge is 2.32. The summed E-state index contributed by atoms with van der Waals surface area (Å²) in [7, 11) is 0. The van der Waals surface area contributed by atoms with Crippen molar-refractivity contribution in [3.8, 4) is 0 Å². The van der Waals surface area contributed by atoms with Crippen LogP contribution in [0.25, 0.3) is 0 Å². The number of carbonyl (C=O) groups excluding carboxylic acids is 1. The molecule has 3 N–H and O–H groups in total. The number of hydrogen-bond donors (Lipinski definition) is 2. The Labute approximate surface area is 99.4 Å². The molecular formula is C10H18N2O3S. The van der Waals surface area contributed by atoms with Gasteiger partial charge in [-0.15, -0.1) is 0 Å². The maximum absolute atomic E-state index is 11.3. The van der Waals surface area contributed by atoms with Crippen molar-refractivity contribution in [2.45, 2.75) is 31.8 Å². The summed E-state index contributed by atoms with van der Waals surface area (Å²) in [5.41, 5.74) is 5.34. The van der Waals surface area contributed by atoms with Gasteiger partial charge in [-0.05, 0) is 6.42 Å². The zero-order valence-corrected chi connectivity index (χ0v) is 10.2. The maximum Gasteiger partial charge on any atom is 0.304 e. The lowest BCUT2D eigenvalue weighted by molar-refractivity contribution is -0.139. The lowest BCUT2D eigenvalue weighted by Gasteiger charge is -2.38. The molecule has 1 aliphatic heterocycles. The Kier molecular flexibility index (Phi) is 5.08. The van der Waals surface area contributed by atoms with E-state index in [0.29, 0.717) is 6.42 Å². The van der Waals surface area contributed by atoms with Gasteiger partial charge in [-0.1, -0.05) is 6.92 Å². The van der Waals surface area contributed by atoms with Crippen LogP contribution in [0.2, 0.25) is 0 Å². The van der Waals surface area contributed by atoms with E-state index in [0.717, 1.165) is 18.1 Å². The standard InChI is InChI=1S/C10H18N2O3S/c1-2-8(10(11)15)12-3-4-16-6-7(12)5-9(13)14/h7-8H,2-6H2,1H3,(H2,11,15)(H,13,14). The predicted molar refractivity (Wildman–Crippen MR) is 63.3 cm³/mol. The molecule has 0 spiro atoms. The molecule has 0 bridgehead atoms. The van der Waals surface area contributed by atoms with Crippen LogP contribution >= 0.6 is 11.8 Å². The number of thioether (sulfide) groups is 1. The molecule has 1 saturated heterocycles. The number of rotatable bonds is 5. The third kappa shape index (κ3) is 3.38. The largest absolute Gasteiger partial charge is 0.481 e. The van der Waals surface area contributed by atoms with Crippen LogP contribution < -0.4 is 5.73 Å². The van der Waals surface area contributed by atoms with Gasteiger partial charge in [-0.3, -0.25) is 14.5 Å². The van der Waals surface area contributed by atoms with Gasteiger partial charge in [0.2, 0.25) is 5.91 Å². The number of aliphatic carboxylic acids is 1. The van der Waals surface area contributed by atoms with Crippen LogP contribution in [-0.4, -0.2) is 52.0 Å². The summed E-state index contributed by atoms with van der Waals surface area (Å²) in [6, 6.07) is -0.404. The second-order valence-corrected chi connectivity index (χ2v) is 5.04. The molecule has 5 nitrogen and oxygen atoms in total. The van der Waals surface area contributed by atoms with Gasteiger partial charge in [-0.2, -0.15) is 11.8 Å². The first kappa shape index (κ1) is 13.3. The van der Waals surface area contributed by atoms with Crippen LogP contribution in [-0.2, 0) is 9.59 Å². The smallest absolute Gasteiger partial charge is 0.304 e. The fourth-order valence-corrected chi connectivity index (χ4v) is 3.14. The topological polar surface area (TPSA) is 83.6 Å². The molecule has 16 heavy (non-hydrogen) atoms. The number of carboxylic acid groups (broad SMARTS) is 1. The molecule has 1 heterocycles. The summed E-state index contributed by atoms with van der Waals surface area (Å²) < 4.78 is 0. The first-order valence-electron chi connectivity index (χ1n) is 5.40. The molecule has 1 amide bonds. The van der Waals surface area contributed by atoms with Crippen molar-refractivity contribution < 1.29 is 14.7 Å². The van der Waals surface area contributed by atoms with E-state index in [1.165, 1.54) is 0 Å². The summed E-state index contributed by atoms with van der Waals surface area (Å²) >= 11 is 1.73. The summed E-state index contributed by atoms with van der Waals surface area (Å²) in [4.78, 5) is 24.0. The number of nitrogens with zero attached hydrogens (tertiary/aromatic N) is 1. The second kappa shape index (κ2) is 6.10. The molecule has 0 aromatic carbocycles. The van der Waals surface area contributed by atoms with Gasteiger partial charge in [-0.25, -0.2) is 0 Å². The van der Waals surface area contributed by atoms with E-state index in [9.17, 15) is 9.59 Å². The average molecular weight is 246 g/mol. The molecule has 1 fully saturated rings. The molecule has 1 aliphatic rings. The SMILES string of the molecule is CCC(C(N)=O)N1CCSCC1CC(=O)O. The fourth-order valence-electron chi connectivity index (χ4n) is 2.05. The number of nitrogens with two attached hydrogens (primary N) is 1. The minimum Gasteiger partial charge on any atom is -0.481 e. The van der Waals surface area contributed by atoms with Crippen LogP contribution in [0.5, 0.6) is 0 Å². The third-order valence-electron chi connectivity index (χ3n) is 2.80. The summed E-state index contributed by atoms with van der Waals surface area (Å²) in [5.74, 6) is 0.511. The highest BCUT2D eigenvalue weighted by molar-refractivity contribution is 7.99. The van der Waals surface area contributed by atoms with Crippen molar-refractivity contribution in [1.82, 2.24) is 4.90 Å². The number of primary amides is 1. The monoisotopic (exact) mass is 246 g/mol. The first-order chi connectivity index (χ1) is 7.56. The maximum atomic E-state index is 11.3. The quantitative estimate of drug-likeness (QED) is 0.721. The first-order valence-corrected chi connectivity index (χ1v) is 6.56. The number of hydrogen-bond acceptors (Lipinski definition) is 4. The van der Waals surface area contributed by atoms with E-state index in [1.54, 1.807) is 11.8 Å². The Morgan fingerprint density at radius 3 is 2.81 bits per heavy atom. The van der Waals surface area contributed by atoms with E-state index >= 15 is 0 Å². The van der Waals surface area contributed by atoms with Crippen molar-refractivity contribution >= 4 is 23.6 Å². The van der Waals surface area contributed by atoms with Crippen molar-refractivity contribution in [3.05, 3.63) is 0 Å². The lowest BCUT2D eigenvalue weighted by Crippen LogP contribution is -2.53. The van der Waals surface area contributed by atoms with Gasteiger partial charge in [0.25, 0.3) is 0 Å². The normalized spacial score (nSPS) is 23.9. The molecule has 0 radical (unpaired) electrons. The average Bonchev–Trinajstić information content (AvgIpc) is 2.20. The Morgan fingerprint density at radius 1 is 1.62 bits per heavy atom. The summed E-state index contributed by atoms with van der Waals surface area (Å²) in [5, 5.41) is 8.82. The van der Waals surface area contributed by atoms with E-state index in [-0.39, 0.29) is 24.4 Å². The van der Waals surface area contributed by atoms with Crippen LogP contribution in [0.4, 0.5) is 0 Å². The minimum absolute atomic E-state index is 0.0753. The predicted octanol–water partition coefficient (Wildman–Crippen LogP) is 0.142. The van der Waals surface area contributed by atoms with Crippen LogP contribution in [0.3, 0.4) is 0 Å². The Balaban J connectivity index is 2.71. The highest BCUT2D eigenvalue weighted by Crippen LogP contribution is 2.22. The lowest BCUT2D eigenvalue weighted by atomic mass is 10.1. The molecule has 92 valence electrons. The summed E-state index contributed by atoms with van der Waals surface area (Å²) in [6.07, 6.45) is 0.715. The van der Waals surface area contributed by atoms with Gasteiger partial charge in [0, 0.05) is 24.1 Å². The number of carbonyl (C=O) groups is 2. The van der Waals surface area contributed by atoms with Crippen LogP contribution in [0.1, 0.15) is 19.8 Å². The van der Waals surface area contributed by atoms with E-state index in [4.69, 9.17) is 10.8 Å². The molecule has 2 atom stereocenters. The molecule has 0 aliphatic carbocycles. The summed E-state index contributed by atoms with van der Waals surface area (Å²) in [6.45, 7) is 2.64. The Hall–Kier alpha value is -0.750. The second-order valence-electron chi connectivity index (χ2n) is 3.89. The molecule has 0 aromatic rings. The van der Waals surface area contributed by atoms with E-state index in [1.807, 2.05) is 11.8 Å². The van der Waals surface area contributed by atoms with E-state index in [2.05, 4.69) is 0 Å². The number of amides is 1. The van der Waals surface area contributed by atoms with Gasteiger partial charge < -0.3 is 10.8 Å².